The second-order valence-electron chi connectivity index (χ2n) is 3.76. The molecule has 0 unspecified atom stereocenters. The number of hydrogen-bond acceptors (Lipinski definition) is 2. The Bertz CT molecular complexity index is 436. The molecular formula is C10H12N2O2. The van der Waals surface area contributed by atoms with E-state index in [4.69, 9.17) is 5.73 Å². The third kappa shape index (κ3) is 1.32. The average Bonchev–Trinajstić information content (AvgIpc) is 2.81. The minimum Gasteiger partial charge on any atom is -0.364 e. The monoisotopic (exact) mass is 192 g/mol. The van der Waals surface area contributed by atoms with E-state index in [0.717, 1.165) is 6.42 Å². The number of carbonyl (C=O) groups is 1. The molecule has 74 valence electrons. The fourth-order valence-corrected chi connectivity index (χ4v) is 1.71. The van der Waals surface area contributed by atoms with Gasteiger partial charge in [0.25, 0.3) is 11.5 Å². The van der Waals surface area contributed by atoms with Crippen LogP contribution >= 0.6 is 0 Å². The fraction of sp³-hybridized carbons (Fsp3) is 0.400. The lowest BCUT2D eigenvalue weighted by atomic mass is 10.3. The third-order valence-corrected chi connectivity index (χ3v) is 2.64. The Labute approximate surface area is 81.3 Å². The molecule has 0 spiro atoms. The summed E-state index contributed by atoms with van der Waals surface area (Å²) in [6, 6.07) is 4.77. The van der Waals surface area contributed by atoms with Gasteiger partial charge in [-0.1, -0.05) is 13.0 Å². The number of nitrogens with zero attached hydrogens (tertiary/aromatic N) is 1. The van der Waals surface area contributed by atoms with Crippen LogP contribution < -0.4 is 11.3 Å². The molecule has 14 heavy (non-hydrogen) atoms. The maximum Gasteiger partial charge on any atom is 0.265 e. The predicted octanol–water partition coefficient (Wildman–Crippen LogP) is 0.528. The van der Waals surface area contributed by atoms with Gasteiger partial charge in [-0.2, -0.15) is 0 Å². The predicted molar refractivity (Wildman–Crippen MR) is 52.0 cm³/mol. The Balaban J connectivity index is 2.55. The minimum absolute atomic E-state index is 0.143. The van der Waals surface area contributed by atoms with Gasteiger partial charge in [0.2, 0.25) is 0 Å². The number of pyridine rings is 1. The van der Waals surface area contributed by atoms with E-state index in [1.54, 1.807) is 12.1 Å². The zero-order chi connectivity index (χ0) is 10.3. The second-order valence-corrected chi connectivity index (χ2v) is 3.76. The molecule has 1 saturated carbocycles. The molecule has 2 atom stereocenters. The van der Waals surface area contributed by atoms with E-state index >= 15 is 0 Å². The van der Waals surface area contributed by atoms with Gasteiger partial charge in [-0.15, -0.1) is 0 Å². The van der Waals surface area contributed by atoms with Crippen LogP contribution in [0.25, 0.3) is 0 Å². The molecule has 1 aliphatic rings. The first-order valence-corrected chi connectivity index (χ1v) is 4.62. The Morgan fingerprint density at radius 3 is 2.71 bits per heavy atom. The van der Waals surface area contributed by atoms with Crippen LogP contribution in [0.2, 0.25) is 0 Å². The molecule has 1 fully saturated rings. The van der Waals surface area contributed by atoms with Gasteiger partial charge in [0, 0.05) is 12.1 Å². The lowest BCUT2D eigenvalue weighted by Gasteiger charge is -2.08. The standard InChI is InChI=1S/C10H12N2O2/c1-6-5-8(6)12-7(10(11)14)3-2-4-9(12)13/h2-4,6,8H,5H2,1H3,(H2,11,14)/t6-,8-/m1/s1. The topological polar surface area (TPSA) is 65.1 Å². The van der Waals surface area contributed by atoms with Crippen molar-refractivity contribution in [3.05, 3.63) is 34.2 Å². The SMILES string of the molecule is C[C@@H]1C[C@H]1n1c(C(N)=O)cccc1=O. The molecule has 4 heteroatoms. The van der Waals surface area contributed by atoms with Gasteiger partial charge in [-0.25, -0.2) is 0 Å². The molecule has 2 rings (SSSR count). The first kappa shape index (κ1) is 8.99. The Hall–Kier alpha value is -1.58. The quantitative estimate of drug-likeness (QED) is 0.742. The van der Waals surface area contributed by atoms with Crippen LogP contribution in [0.4, 0.5) is 0 Å². The summed E-state index contributed by atoms with van der Waals surface area (Å²) < 4.78 is 1.51. The van der Waals surface area contributed by atoms with Gasteiger partial charge >= 0.3 is 0 Å². The number of aromatic nitrogens is 1. The number of carbonyl (C=O) groups excluding carboxylic acids is 1. The lowest BCUT2D eigenvalue weighted by Crippen LogP contribution is -2.27. The number of amides is 1. The molecule has 1 amide bonds. The van der Waals surface area contributed by atoms with Crippen molar-refractivity contribution in [3.8, 4) is 0 Å². The molecule has 1 aromatic rings. The van der Waals surface area contributed by atoms with Crippen LogP contribution in [0.3, 0.4) is 0 Å². The zero-order valence-corrected chi connectivity index (χ0v) is 7.93. The largest absolute Gasteiger partial charge is 0.364 e. The molecular weight excluding hydrogens is 180 g/mol. The summed E-state index contributed by atoms with van der Waals surface area (Å²) in [5.41, 5.74) is 5.36. The van der Waals surface area contributed by atoms with E-state index in [1.807, 2.05) is 0 Å². The lowest BCUT2D eigenvalue weighted by molar-refractivity contribution is 0.0989. The van der Waals surface area contributed by atoms with Gasteiger partial charge < -0.3 is 10.3 Å². The summed E-state index contributed by atoms with van der Waals surface area (Å²) in [7, 11) is 0. The van der Waals surface area contributed by atoms with Crippen molar-refractivity contribution in [2.24, 2.45) is 11.7 Å². The normalized spacial score (nSPS) is 24.6. The van der Waals surface area contributed by atoms with Gasteiger partial charge in [0.05, 0.1) is 0 Å². The van der Waals surface area contributed by atoms with Crippen molar-refractivity contribution in [2.75, 3.05) is 0 Å². The molecule has 1 aliphatic carbocycles. The van der Waals surface area contributed by atoms with Gasteiger partial charge in [0.15, 0.2) is 0 Å². The minimum atomic E-state index is -0.540. The first-order valence-electron chi connectivity index (χ1n) is 4.62. The van der Waals surface area contributed by atoms with Gasteiger partial charge in [0.1, 0.15) is 5.69 Å². The van der Waals surface area contributed by atoms with E-state index < -0.39 is 5.91 Å². The molecule has 0 aliphatic heterocycles. The maximum atomic E-state index is 11.5. The van der Waals surface area contributed by atoms with Gasteiger partial charge in [-0.3, -0.25) is 9.59 Å². The highest BCUT2D eigenvalue weighted by Gasteiger charge is 2.36. The van der Waals surface area contributed by atoms with Crippen LogP contribution in [-0.2, 0) is 0 Å². The van der Waals surface area contributed by atoms with Crippen molar-refractivity contribution in [2.45, 2.75) is 19.4 Å². The van der Waals surface area contributed by atoms with Crippen molar-refractivity contribution in [1.29, 1.82) is 0 Å². The summed E-state index contributed by atoms with van der Waals surface area (Å²) in [4.78, 5) is 22.6. The van der Waals surface area contributed by atoms with Crippen molar-refractivity contribution in [3.63, 3.8) is 0 Å². The van der Waals surface area contributed by atoms with E-state index in [9.17, 15) is 9.59 Å². The summed E-state index contributed by atoms with van der Waals surface area (Å²) >= 11 is 0. The smallest absolute Gasteiger partial charge is 0.265 e. The first-order chi connectivity index (χ1) is 6.61. The van der Waals surface area contributed by atoms with E-state index in [1.165, 1.54) is 10.6 Å². The summed E-state index contributed by atoms with van der Waals surface area (Å²) in [5.74, 6) is -0.0741. The van der Waals surface area contributed by atoms with Crippen LogP contribution in [0.5, 0.6) is 0 Å². The second kappa shape index (κ2) is 2.97. The summed E-state index contributed by atoms with van der Waals surface area (Å²) in [6.45, 7) is 2.05. The van der Waals surface area contributed by atoms with E-state index in [2.05, 4.69) is 6.92 Å². The number of hydrogen-bond donors (Lipinski definition) is 1. The number of nitrogens with two attached hydrogens (primary N) is 1. The maximum absolute atomic E-state index is 11.5. The molecule has 2 N–H and O–H groups in total. The van der Waals surface area contributed by atoms with Crippen molar-refractivity contribution >= 4 is 5.91 Å². The third-order valence-electron chi connectivity index (χ3n) is 2.64. The van der Waals surface area contributed by atoms with E-state index in [0.29, 0.717) is 11.6 Å². The van der Waals surface area contributed by atoms with Crippen LogP contribution in [0.1, 0.15) is 29.9 Å². The summed E-state index contributed by atoms with van der Waals surface area (Å²) in [5, 5.41) is 0. The van der Waals surface area contributed by atoms with Crippen LogP contribution in [0, 0.1) is 5.92 Å². The zero-order valence-electron chi connectivity index (χ0n) is 7.93. The Morgan fingerprint density at radius 2 is 2.21 bits per heavy atom. The highest BCUT2D eigenvalue weighted by atomic mass is 16.2. The molecule has 0 bridgehead atoms. The summed E-state index contributed by atoms with van der Waals surface area (Å²) in [6.07, 6.45) is 0.949. The molecule has 0 radical (unpaired) electrons. The van der Waals surface area contributed by atoms with Crippen LogP contribution in [-0.4, -0.2) is 10.5 Å². The van der Waals surface area contributed by atoms with Crippen LogP contribution in [0.15, 0.2) is 23.0 Å². The van der Waals surface area contributed by atoms with E-state index in [-0.39, 0.29) is 11.6 Å². The van der Waals surface area contributed by atoms with Crippen molar-refractivity contribution < 1.29 is 4.79 Å². The molecule has 1 aromatic heterocycles. The highest BCUT2D eigenvalue weighted by molar-refractivity contribution is 5.91. The Morgan fingerprint density at radius 1 is 1.57 bits per heavy atom. The number of primary amides is 1. The molecule has 1 heterocycles. The molecule has 0 aromatic carbocycles. The van der Waals surface area contributed by atoms with Gasteiger partial charge in [-0.05, 0) is 18.4 Å². The fourth-order valence-electron chi connectivity index (χ4n) is 1.71. The Kier molecular flexibility index (Phi) is 1.91. The number of rotatable bonds is 2. The van der Waals surface area contributed by atoms with Crippen molar-refractivity contribution in [1.82, 2.24) is 4.57 Å². The molecule has 4 nitrogen and oxygen atoms in total. The molecule has 0 saturated heterocycles. The highest BCUT2D eigenvalue weighted by Crippen LogP contribution is 2.42. The average molecular weight is 192 g/mol.